The average Bonchev–Trinajstić information content (AvgIpc) is 2.80. The second-order valence-electron chi connectivity index (χ2n) is 6.50. The van der Waals surface area contributed by atoms with Gasteiger partial charge in [0.05, 0.1) is 16.0 Å². The highest BCUT2D eigenvalue weighted by molar-refractivity contribution is 7.20. The van der Waals surface area contributed by atoms with Crippen molar-refractivity contribution in [1.82, 2.24) is 9.55 Å². The van der Waals surface area contributed by atoms with Crippen molar-refractivity contribution < 1.29 is 9.90 Å². The number of phenolic OH excluding ortho intramolecular Hbond substituents is 1. The van der Waals surface area contributed by atoms with Gasteiger partial charge in [0, 0.05) is 13.0 Å². The van der Waals surface area contributed by atoms with E-state index in [0.29, 0.717) is 32.9 Å². The Morgan fingerprint density at radius 3 is 2.88 bits per heavy atom. The minimum Gasteiger partial charge on any atom is -0.506 e. The molecular weight excluding hydrogens is 350 g/mol. The molecule has 6 nitrogen and oxygen atoms in total. The normalized spacial score (nSPS) is 14.0. The third-order valence-corrected chi connectivity index (χ3v) is 5.95. The zero-order chi connectivity index (χ0) is 18.3. The molecule has 0 spiro atoms. The van der Waals surface area contributed by atoms with Gasteiger partial charge in [-0.25, -0.2) is 4.98 Å². The predicted octanol–water partition coefficient (Wildman–Crippen LogP) is 3.45. The first-order chi connectivity index (χ1) is 12.6. The molecule has 0 unspecified atom stereocenters. The smallest absolute Gasteiger partial charge is 0.266 e. The Bertz CT molecular complexity index is 1070. The fraction of sp³-hybridized carbons (Fsp3) is 0.316. The molecule has 1 aromatic carbocycles. The number of carbonyl (C=O) groups is 1. The number of benzene rings is 1. The molecule has 7 heteroatoms. The van der Waals surface area contributed by atoms with E-state index in [2.05, 4.69) is 10.3 Å². The van der Waals surface area contributed by atoms with Crippen LogP contribution < -0.4 is 10.9 Å². The molecule has 0 atom stereocenters. The Morgan fingerprint density at radius 2 is 2.08 bits per heavy atom. The minimum atomic E-state index is -0.341. The first-order valence-corrected chi connectivity index (χ1v) is 9.50. The van der Waals surface area contributed by atoms with Crippen LogP contribution in [0.5, 0.6) is 5.75 Å². The molecule has 0 bridgehead atoms. The average molecular weight is 369 g/mol. The van der Waals surface area contributed by atoms with Crippen molar-refractivity contribution >= 4 is 33.1 Å². The Labute approximate surface area is 154 Å². The van der Waals surface area contributed by atoms with E-state index in [0.717, 1.165) is 31.5 Å². The number of para-hydroxylation sites is 2. The molecule has 1 aliphatic heterocycles. The largest absolute Gasteiger partial charge is 0.506 e. The van der Waals surface area contributed by atoms with Crippen LogP contribution >= 0.6 is 11.3 Å². The number of rotatable bonds is 2. The maximum atomic E-state index is 13.0. The van der Waals surface area contributed by atoms with Gasteiger partial charge in [-0.2, -0.15) is 0 Å². The highest BCUT2D eigenvalue weighted by atomic mass is 32.1. The van der Waals surface area contributed by atoms with Gasteiger partial charge in [-0.3, -0.25) is 14.2 Å². The van der Waals surface area contributed by atoms with Crippen molar-refractivity contribution in [3.05, 3.63) is 50.9 Å². The van der Waals surface area contributed by atoms with E-state index in [1.54, 1.807) is 29.7 Å². The first kappa shape index (κ1) is 16.8. The van der Waals surface area contributed by atoms with E-state index in [9.17, 15) is 14.7 Å². The maximum absolute atomic E-state index is 13.0. The highest BCUT2D eigenvalue weighted by Crippen LogP contribution is 2.30. The minimum absolute atomic E-state index is 0.00419. The molecule has 0 saturated carbocycles. The molecule has 0 radical (unpaired) electrons. The summed E-state index contributed by atoms with van der Waals surface area (Å²) in [5.74, 6) is 0.477. The summed E-state index contributed by atoms with van der Waals surface area (Å²) < 4.78 is 1.76. The van der Waals surface area contributed by atoms with Crippen LogP contribution in [-0.4, -0.2) is 20.6 Å². The number of aromatic nitrogens is 2. The van der Waals surface area contributed by atoms with Crippen molar-refractivity contribution in [2.45, 2.75) is 39.2 Å². The third kappa shape index (κ3) is 2.78. The zero-order valence-electron chi connectivity index (χ0n) is 14.4. The van der Waals surface area contributed by atoms with Gasteiger partial charge in [0.15, 0.2) is 0 Å². The van der Waals surface area contributed by atoms with Crippen LogP contribution in [0.2, 0.25) is 0 Å². The number of nitrogens with zero attached hydrogens (tertiary/aromatic N) is 2. The van der Waals surface area contributed by atoms with E-state index >= 15 is 0 Å². The van der Waals surface area contributed by atoms with E-state index in [-0.39, 0.29) is 17.2 Å². The Morgan fingerprint density at radius 1 is 1.27 bits per heavy atom. The lowest BCUT2D eigenvalue weighted by molar-refractivity contribution is 0.102. The molecule has 134 valence electrons. The van der Waals surface area contributed by atoms with E-state index in [4.69, 9.17) is 0 Å². The second kappa shape index (κ2) is 6.57. The van der Waals surface area contributed by atoms with Crippen LogP contribution in [0.25, 0.3) is 10.2 Å². The molecule has 3 aromatic rings. The summed E-state index contributed by atoms with van der Waals surface area (Å²) in [5.41, 5.74) is 0.937. The Kier molecular flexibility index (Phi) is 4.24. The second-order valence-corrected chi connectivity index (χ2v) is 7.50. The first-order valence-electron chi connectivity index (χ1n) is 8.68. The standard InChI is InChI=1S/C19H19N3O3S/c1-11-15-18(21-14-9-3-2-6-10-22(14)19(15)25)26-16(11)17(24)20-12-7-4-5-8-13(12)23/h4-5,7-8,23H,2-3,6,9-10H2,1H3,(H,20,24). The number of phenols is 1. The number of aromatic hydroxyl groups is 1. The van der Waals surface area contributed by atoms with Gasteiger partial charge in [-0.15, -0.1) is 11.3 Å². The van der Waals surface area contributed by atoms with E-state index < -0.39 is 0 Å². The number of aryl methyl sites for hydroxylation is 2. The van der Waals surface area contributed by atoms with Gasteiger partial charge >= 0.3 is 0 Å². The lowest BCUT2D eigenvalue weighted by Crippen LogP contribution is -2.24. The molecule has 0 fully saturated rings. The summed E-state index contributed by atoms with van der Waals surface area (Å²) in [4.78, 5) is 31.4. The molecule has 3 heterocycles. The number of fused-ring (bicyclic) bond motifs is 2. The van der Waals surface area contributed by atoms with Gasteiger partial charge < -0.3 is 10.4 Å². The lowest BCUT2D eigenvalue weighted by Gasteiger charge is -2.08. The van der Waals surface area contributed by atoms with Crippen molar-refractivity contribution in [3.8, 4) is 5.75 Å². The summed E-state index contributed by atoms with van der Waals surface area (Å²) in [6, 6.07) is 6.56. The molecule has 26 heavy (non-hydrogen) atoms. The van der Waals surface area contributed by atoms with Crippen molar-refractivity contribution in [2.75, 3.05) is 5.32 Å². The molecule has 1 amide bonds. The van der Waals surface area contributed by atoms with Crippen molar-refractivity contribution in [1.29, 1.82) is 0 Å². The number of carbonyl (C=O) groups excluding carboxylic acids is 1. The van der Waals surface area contributed by atoms with Crippen molar-refractivity contribution in [2.24, 2.45) is 0 Å². The molecule has 2 aromatic heterocycles. The van der Waals surface area contributed by atoms with Crippen LogP contribution in [0, 0.1) is 6.92 Å². The molecule has 0 aliphatic carbocycles. The third-order valence-electron chi connectivity index (χ3n) is 4.77. The molecule has 1 aliphatic rings. The lowest BCUT2D eigenvalue weighted by atomic mass is 10.2. The van der Waals surface area contributed by atoms with E-state index in [1.165, 1.54) is 17.4 Å². The van der Waals surface area contributed by atoms with E-state index in [1.807, 2.05) is 0 Å². The summed E-state index contributed by atoms with van der Waals surface area (Å²) >= 11 is 1.23. The fourth-order valence-corrected chi connectivity index (χ4v) is 4.47. The molecule has 2 N–H and O–H groups in total. The van der Waals surface area contributed by atoms with Gasteiger partial charge in [0.1, 0.15) is 16.4 Å². The summed E-state index contributed by atoms with van der Waals surface area (Å²) in [6.07, 6.45) is 3.90. The van der Waals surface area contributed by atoms with Crippen LogP contribution in [0.3, 0.4) is 0 Å². The SMILES string of the molecule is Cc1c(C(=O)Nc2ccccc2O)sc2nc3n(c(=O)c12)CCCCC3. The quantitative estimate of drug-likeness (QED) is 0.678. The van der Waals surface area contributed by atoms with Crippen LogP contribution in [-0.2, 0) is 13.0 Å². The fourth-order valence-electron chi connectivity index (χ4n) is 3.38. The van der Waals surface area contributed by atoms with Crippen molar-refractivity contribution in [3.63, 3.8) is 0 Å². The van der Waals surface area contributed by atoms with Gasteiger partial charge in [0.2, 0.25) is 0 Å². The van der Waals surface area contributed by atoms with Crippen LogP contribution in [0.15, 0.2) is 29.1 Å². The zero-order valence-corrected chi connectivity index (χ0v) is 15.2. The van der Waals surface area contributed by atoms with Gasteiger partial charge in [0.25, 0.3) is 11.5 Å². The monoisotopic (exact) mass is 369 g/mol. The number of hydrogen-bond acceptors (Lipinski definition) is 5. The van der Waals surface area contributed by atoms with Crippen LogP contribution in [0.1, 0.15) is 40.3 Å². The Balaban J connectivity index is 1.78. The number of nitrogens with one attached hydrogen (secondary N) is 1. The number of thiophene rings is 1. The summed E-state index contributed by atoms with van der Waals surface area (Å²) in [6.45, 7) is 2.47. The number of amides is 1. The maximum Gasteiger partial charge on any atom is 0.266 e. The molecule has 4 rings (SSSR count). The summed E-state index contributed by atoms with van der Waals surface area (Å²) in [5, 5.41) is 13.1. The highest BCUT2D eigenvalue weighted by Gasteiger charge is 2.22. The van der Waals surface area contributed by atoms with Gasteiger partial charge in [-0.05, 0) is 37.5 Å². The predicted molar refractivity (Wildman–Crippen MR) is 102 cm³/mol. The molecular formula is C19H19N3O3S. The van der Waals surface area contributed by atoms with Gasteiger partial charge in [-0.1, -0.05) is 18.6 Å². The molecule has 0 saturated heterocycles. The number of anilines is 1. The number of hydrogen-bond donors (Lipinski definition) is 2. The topological polar surface area (TPSA) is 84.2 Å². The van der Waals surface area contributed by atoms with Crippen LogP contribution in [0.4, 0.5) is 5.69 Å². The summed E-state index contributed by atoms with van der Waals surface area (Å²) in [7, 11) is 0. The Hall–Kier alpha value is -2.67.